The van der Waals surface area contributed by atoms with Crippen LogP contribution in [0.4, 0.5) is 5.69 Å². The third kappa shape index (κ3) is 4.61. The summed E-state index contributed by atoms with van der Waals surface area (Å²) in [6, 6.07) is 27.1. The van der Waals surface area contributed by atoms with E-state index in [9.17, 15) is 9.59 Å². The van der Waals surface area contributed by atoms with Crippen molar-refractivity contribution in [2.75, 3.05) is 19.0 Å². The van der Waals surface area contributed by atoms with Crippen LogP contribution in [0.1, 0.15) is 32.3 Å². The molecule has 0 amide bonds. The third-order valence-corrected chi connectivity index (χ3v) is 13.0. The molecule has 3 aromatic rings. The molecule has 1 N–H and O–H groups in total. The molecule has 0 unspecified atom stereocenters. The predicted molar refractivity (Wildman–Crippen MR) is 175 cm³/mol. The first-order chi connectivity index (χ1) is 21.8. The lowest BCUT2D eigenvalue weighted by Crippen LogP contribution is -2.58. The number of methoxy groups -OCH3 is 1. The van der Waals surface area contributed by atoms with Gasteiger partial charge >= 0.3 is 11.9 Å². The fraction of sp³-hybridized carbons (Fsp3) is 0.270. The molecule has 1 saturated carbocycles. The van der Waals surface area contributed by atoms with Crippen LogP contribution in [-0.2, 0) is 29.0 Å². The van der Waals surface area contributed by atoms with Crippen LogP contribution in [-0.4, -0.2) is 48.7 Å². The van der Waals surface area contributed by atoms with Crippen LogP contribution in [0.2, 0.25) is 0 Å². The van der Waals surface area contributed by atoms with Crippen molar-refractivity contribution in [3.05, 3.63) is 133 Å². The molecule has 5 radical (unpaired) electrons. The summed E-state index contributed by atoms with van der Waals surface area (Å²) in [5.41, 5.74) is 3.58. The molecule has 4 aliphatic rings. The Balaban J connectivity index is 1.33. The molecule has 1 spiro atoms. The van der Waals surface area contributed by atoms with Crippen molar-refractivity contribution in [2.24, 2.45) is 0 Å². The molecule has 229 valence electrons. The second-order valence-electron chi connectivity index (χ2n) is 12.1. The van der Waals surface area contributed by atoms with Gasteiger partial charge in [-0.3, -0.25) is 9.69 Å². The van der Waals surface area contributed by atoms with Crippen molar-refractivity contribution in [3.8, 4) is 0 Å². The first kappa shape index (κ1) is 30.0. The van der Waals surface area contributed by atoms with E-state index in [4.69, 9.17) is 9.47 Å². The summed E-state index contributed by atoms with van der Waals surface area (Å²) in [4.78, 5) is 28.2. The number of anilines is 1. The topological polar surface area (TPSA) is 84.9 Å². The second kappa shape index (κ2) is 11.6. The van der Waals surface area contributed by atoms with Crippen molar-refractivity contribution in [1.29, 1.82) is 0 Å². The molecule has 2 aliphatic heterocycles. The zero-order chi connectivity index (χ0) is 31.3. The minimum Gasteiger partial charge on any atom is -0.466 e. The van der Waals surface area contributed by atoms with E-state index in [0.29, 0.717) is 18.5 Å². The molecule has 7 nitrogen and oxygen atoms in total. The van der Waals surface area contributed by atoms with Crippen molar-refractivity contribution in [2.45, 2.75) is 50.3 Å². The van der Waals surface area contributed by atoms with E-state index in [-0.39, 0.29) is 18.5 Å². The van der Waals surface area contributed by atoms with Gasteiger partial charge < -0.3 is 19.4 Å². The number of ether oxygens (including phenoxy) is 2. The lowest BCUT2D eigenvalue weighted by atomic mass is 9.66. The lowest BCUT2D eigenvalue weighted by molar-refractivity contribution is -0.152. The SMILES string of the molecule is COC(=O)C1=C2Nc3ccccc3[C@@]23CCN([C@H](C)[C]2[CH][CH][CH][C]2P(=O)(c2ccccc2)c2ccccc2)[C@H]3[C@H](OC(C)=O)C1. The highest BCUT2D eigenvalue weighted by molar-refractivity contribution is 7.81. The van der Waals surface area contributed by atoms with Gasteiger partial charge in [-0.2, -0.15) is 0 Å². The normalized spacial score (nSPS) is 25.7. The highest BCUT2D eigenvalue weighted by Gasteiger charge is 2.64. The minimum atomic E-state index is -3.23. The molecule has 2 heterocycles. The number of nitrogens with one attached hydrogen (secondary N) is 1. The predicted octanol–water partition coefficient (Wildman–Crippen LogP) is 5.32. The number of fused-ring (bicyclic) bond motifs is 1. The summed E-state index contributed by atoms with van der Waals surface area (Å²) >= 11 is 0. The van der Waals surface area contributed by atoms with Gasteiger partial charge in [0.25, 0.3) is 0 Å². The van der Waals surface area contributed by atoms with E-state index in [1.807, 2.05) is 91.7 Å². The Kier molecular flexibility index (Phi) is 7.74. The molecule has 7 rings (SSSR count). The average molecular weight is 620 g/mol. The average Bonchev–Trinajstić information content (AvgIpc) is 3.80. The summed E-state index contributed by atoms with van der Waals surface area (Å²) in [6.07, 6.45) is 6.42. The molecule has 2 aliphatic carbocycles. The van der Waals surface area contributed by atoms with E-state index in [1.54, 1.807) is 0 Å². The van der Waals surface area contributed by atoms with Gasteiger partial charge in [-0.15, -0.1) is 0 Å². The summed E-state index contributed by atoms with van der Waals surface area (Å²) in [5, 5.41) is 5.14. The van der Waals surface area contributed by atoms with Crippen LogP contribution in [0.3, 0.4) is 0 Å². The molecule has 2 fully saturated rings. The maximum Gasteiger partial charge on any atom is 0.335 e. The van der Waals surface area contributed by atoms with Crippen LogP contribution in [0.25, 0.3) is 0 Å². The Labute approximate surface area is 265 Å². The van der Waals surface area contributed by atoms with Gasteiger partial charge in [-0.25, -0.2) is 4.79 Å². The Morgan fingerprint density at radius 2 is 1.60 bits per heavy atom. The number of carbonyl (C=O) groups is 2. The molecule has 1 saturated heterocycles. The summed E-state index contributed by atoms with van der Waals surface area (Å²) in [7, 11) is -1.85. The van der Waals surface area contributed by atoms with E-state index in [1.165, 1.54) is 14.0 Å². The van der Waals surface area contributed by atoms with Crippen molar-refractivity contribution in [3.63, 3.8) is 0 Å². The monoisotopic (exact) mass is 619 g/mol. The van der Waals surface area contributed by atoms with Gasteiger partial charge in [0.1, 0.15) is 6.10 Å². The van der Waals surface area contributed by atoms with Gasteiger partial charge in [0.2, 0.25) is 0 Å². The number of carbonyl (C=O) groups excluding carboxylic acids is 2. The van der Waals surface area contributed by atoms with Gasteiger partial charge in [0.05, 0.1) is 29.8 Å². The highest BCUT2D eigenvalue weighted by atomic mass is 31.2. The molecule has 0 bridgehead atoms. The molecule has 45 heavy (non-hydrogen) atoms. The van der Waals surface area contributed by atoms with Crippen LogP contribution < -0.4 is 15.9 Å². The van der Waals surface area contributed by atoms with E-state index in [0.717, 1.165) is 39.1 Å². The summed E-state index contributed by atoms with van der Waals surface area (Å²) < 4.78 is 26.8. The standard InChI is InChI=1S/C37H36N2O5P/c1-24(28-17-12-20-33(28)45(42,26-13-6-4-7-14-26)27-15-8-5-9-16-27)39-22-21-37-30-18-10-11-19-31(30)38-34(37)29(36(41)43-3)23-32(35(37)39)44-25(2)40/h4-20,24,32,35,38H,21-23H2,1-3H3/t24-,32-,35+,37+/m1/s1. The number of nitrogens with zero attached hydrogens (tertiary/aromatic N) is 1. The van der Waals surface area contributed by atoms with Crippen molar-refractivity contribution in [1.82, 2.24) is 4.90 Å². The zero-order valence-corrected chi connectivity index (χ0v) is 26.5. The molecule has 8 heteroatoms. The van der Waals surface area contributed by atoms with Crippen molar-refractivity contribution < 1.29 is 23.6 Å². The molecule has 4 atom stereocenters. The van der Waals surface area contributed by atoms with Gasteiger partial charge in [0.15, 0.2) is 7.14 Å². The van der Waals surface area contributed by atoms with Gasteiger partial charge in [-0.05, 0) is 44.2 Å². The van der Waals surface area contributed by atoms with Crippen LogP contribution in [0.15, 0.2) is 96.2 Å². The Bertz CT molecular complexity index is 1650. The van der Waals surface area contributed by atoms with E-state index >= 15 is 4.57 Å². The largest absolute Gasteiger partial charge is 0.466 e. The van der Waals surface area contributed by atoms with Crippen molar-refractivity contribution >= 4 is 35.4 Å². The van der Waals surface area contributed by atoms with Crippen LogP contribution >= 0.6 is 7.14 Å². The lowest BCUT2D eigenvalue weighted by Gasteiger charge is -2.47. The number of rotatable bonds is 7. The second-order valence-corrected chi connectivity index (χ2v) is 14.8. The maximum absolute atomic E-state index is 15.5. The number of likely N-dealkylation sites (tertiary alicyclic amines) is 1. The zero-order valence-electron chi connectivity index (χ0n) is 25.6. The Morgan fingerprint density at radius 3 is 2.24 bits per heavy atom. The maximum atomic E-state index is 15.5. The highest BCUT2D eigenvalue weighted by Crippen LogP contribution is 2.65. The van der Waals surface area contributed by atoms with E-state index < -0.39 is 30.6 Å². The molecular formula is C37H36N2O5P. The number of benzene rings is 3. The Hall–Kier alpha value is -3.67. The Morgan fingerprint density at radius 1 is 0.956 bits per heavy atom. The summed E-state index contributed by atoms with van der Waals surface area (Å²) in [6.45, 7) is 4.25. The quantitative estimate of drug-likeness (QED) is 0.283. The third-order valence-electron chi connectivity index (χ3n) is 9.90. The number of hydrogen-bond donors (Lipinski definition) is 1. The molecular weight excluding hydrogens is 583 g/mol. The first-order valence-corrected chi connectivity index (χ1v) is 17.1. The fourth-order valence-electron chi connectivity index (χ4n) is 8.10. The fourth-order valence-corrected chi connectivity index (χ4v) is 11.1. The van der Waals surface area contributed by atoms with E-state index in [2.05, 4.69) is 29.6 Å². The molecule has 3 aromatic carbocycles. The minimum absolute atomic E-state index is 0.174. The van der Waals surface area contributed by atoms with Gasteiger partial charge in [0, 0.05) is 53.8 Å². The smallest absolute Gasteiger partial charge is 0.335 e. The number of para-hydroxylation sites is 1. The summed E-state index contributed by atoms with van der Waals surface area (Å²) in [5.74, 6) is 0.165. The first-order valence-electron chi connectivity index (χ1n) is 15.4. The number of esters is 2. The van der Waals surface area contributed by atoms with Crippen LogP contribution in [0, 0.1) is 30.8 Å². The van der Waals surface area contributed by atoms with Crippen LogP contribution in [0.5, 0.6) is 0 Å². The number of hydrogen-bond acceptors (Lipinski definition) is 7. The van der Waals surface area contributed by atoms with Gasteiger partial charge in [-0.1, -0.05) is 78.9 Å². The molecule has 0 aromatic heterocycles.